The molecule has 0 atom stereocenters. The van der Waals surface area contributed by atoms with Gasteiger partial charge < -0.3 is 0 Å². The second kappa shape index (κ2) is 8.71. The summed E-state index contributed by atoms with van der Waals surface area (Å²) in [6.07, 6.45) is 0.952. The fourth-order valence-corrected chi connectivity index (χ4v) is 6.80. The van der Waals surface area contributed by atoms with Gasteiger partial charge in [-0.1, -0.05) is 0 Å². The van der Waals surface area contributed by atoms with Crippen molar-refractivity contribution in [3.05, 3.63) is 132 Å². The van der Waals surface area contributed by atoms with Crippen LogP contribution >= 0.6 is 0 Å². The van der Waals surface area contributed by atoms with Crippen molar-refractivity contribution in [2.24, 2.45) is 0 Å². The number of hydrogen-bond donors (Lipinski definition) is 0. The van der Waals surface area contributed by atoms with E-state index in [9.17, 15) is 0 Å². The third-order valence-electron chi connectivity index (χ3n) is 5.37. The van der Waals surface area contributed by atoms with Gasteiger partial charge in [-0.2, -0.15) is 0 Å². The molecule has 144 valence electrons. The van der Waals surface area contributed by atoms with Crippen LogP contribution in [0.3, 0.4) is 0 Å². The first kappa shape index (κ1) is 18.9. The van der Waals surface area contributed by atoms with E-state index in [0.717, 1.165) is 6.42 Å². The first-order valence-corrected chi connectivity index (χ1v) is 12.0. The molecule has 0 saturated carbocycles. The van der Waals surface area contributed by atoms with Crippen molar-refractivity contribution in [1.82, 2.24) is 0 Å². The summed E-state index contributed by atoms with van der Waals surface area (Å²) in [5, 5.41) is 0. The van der Waals surface area contributed by atoms with Gasteiger partial charge in [0, 0.05) is 0 Å². The predicted octanol–water partition coefficient (Wildman–Crippen LogP) is 7.34. The summed E-state index contributed by atoms with van der Waals surface area (Å²) < 4.78 is 2.99. The quantitative estimate of drug-likeness (QED) is 0.246. The molecule has 0 aliphatic carbocycles. The number of rotatable bonds is 5. The minimum atomic E-state index is 0.248. The van der Waals surface area contributed by atoms with Crippen LogP contribution in [0.1, 0.15) is 11.1 Å². The van der Waals surface area contributed by atoms with Crippen LogP contribution in [-0.2, 0) is 6.42 Å². The molecule has 30 heavy (non-hydrogen) atoms. The molecular formula is C29H22Se. The van der Waals surface area contributed by atoms with Crippen LogP contribution in [0, 0.1) is 0 Å². The maximum absolute atomic E-state index is 2.26. The molecule has 0 saturated heterocycles. The van der Waals surface area contributed by atoms with Crippen LogP contribution < -0.4 is 0 Å². The summed E-state index contributed by atoms with van der Waals surface area (Å²) in [6, 6.07) is 43.6. The third kappa shape index (κ3) is 3.83. The Morgan fingerprint density at radius 3 is 1.40 bits per heavy atom. The Bertz CT molecular complexity index is 1220. The molecule has 5 rings (SSSR count). The van der Waals surface area contributed by atoms with E-state index in [1.807, 2.05) is 0 Å². The van der Waals surface area contributed by atoms with Gasteiger partial charge in [-0.3, -0.25) is 0 Å². The van der Waals surface area contributed by atoms with Crippen molar-refractivity contribution in [2.75, 3.05) is 0 Å². The summed E-state index contributed by atoms with van der Waals surface area (Å²) in [7, 11) is 0. The van der Waals surface area contributed by atoms with E-state index in [1.165, 1.54) is 42.3 Å². The molecule has 0 nitrogen and oxygen atoms in total. The number of hydrogen-bond acceptors (Lipinski definition) is 0. The fraction of sp³-hybridized carbons (Fsp3) is 0.0345. The summed E-state index contributed by atoms with van der Waals surface area (Å²) in [4.78, 5) is 0. The van der Waals surface area contributed by atoms with E-state index >= 15 is 0 Å². The molecule has 5 aromatic rings. The molecule has 1 heterocycles. The van der Waals surface area contributed by atoms with Gasteiger partial charge in [0.25, 0.3) is 0 Å². The van der Waals surface area contributed by atoms with Gasteiger partial charge >= 0.3 is 185 Å². The Balaban J connectivity index is 1.80. The zero-order valence-corrected chi connectivity index (χ0v) is 18.4. The summed E-state index contributed by atoms with van der Waals surface area (Å²) in [6.45, 7) is 0. The van der Waals surface area contributed by atoms with E-state index in [4.69, 9.17) is 0 Å². The minimum absolute atomic E-state index is 0.248. The average Bonchev–Trinajstić information content (AvgIpc) is 3.20. The summed E-state index contributed by atoms with van der Waals surface area (Å²) in [5.74, 6) is 0. The summed E-state index contributed by atoms with van der Waals surface area (Å²) >= 11 is 0.248. The van der Waals surface area contributed by atoms with Crippen LogP contribution in [0.5, 0.6) is 0 Å². The van der Waals surface area contributed by atoms with Crippen molar-refractivity contribution in [1.29, 1.82) is 0 Å². The SMILES string of the molecule is c1ccc(Cc2c(-c3ccccc3)[se]c(-c3ccccc3)c2-c2ccccc2)cc1. The Morgan fingerprint density at radius 2 is 0.867 bits per heavy atom. The van der Waals surface area contributed by atoms with Crippen LogP contribution in [-0.4, -0.2) is 14.5 Å². The van der Waals surface area contributed by atoms with E-state index < -0.39 is 0 Å². The molecular weight excluding hydrogens is 427 g/mol. The van der Waals surface area contributed by atoms with Crippen molar-refractivity contribution in [2.45, 2.75) is 6.42 Å². The van der Waals surface area contributed by atoms with Crippen LogP contribution in [0.4, 0.5) is 0 Å². The molecule has 1 heteroatoms. The Morgan fingerprint density at radius 1 is 0.433 bits per heavy atom. The zero-order valence-electron chi connectivity index (χ0n) is 16.7. The summed E-state index contributed by atoms with van der Waals surface area (Å²) in [5.41, 5.74) is 8.26. The molecule has 1 aromatic heterocycles. The van der Waals surface area contributed by atoms with Crippen LogP contribution in [0.25, 0.3) is 31.1 Å². The van der Waals surface area contributed by atoms with Crippen molar-refractivity contribution in [3.8, 4) is 31.1 Å². The molecule has 4 aromatic carbocycles. The molecule has 0 unspecified atom stereocenters. The van der Waals surface area contributed by atoms with Crippen LogP contribution in [0.2, 0.25) is 0 Å². The van der Waals surface area contributed by atoms with Gasteiger partial charge in [0.1, 0.15) is 0 Å². The molecule has 0 radical (unpaired) electrons. The average molecular weight is 449 g/mol. The fourth-order valence-electron chi connectivity index (χ4n) is 3.96. The number of benzene rings is 4. The van der Waals surface area contributed by atoms with E-state index in [0.29, 0.717) is 0 Å². The second-order valence-corrected chi connectivity index (χ2v) is 9.52. The molecule has 0 spiro atoms. The van der Waals surface area contributed by atoms with E-state index in [2.05, 4.69) is 121 Å². The first-order chi connectivity index (χ1) is 14.9. The normalized spacial score (nSPS) is 10.8. The first-order valence-electron chi connectivity index (χ1n) is 10.3. The predicted molar refractivity (Wildman–Crippen MR) is 129 cm³/mol. The van der Waals surface area contributed by atoms with Gasteiger partial charge in [-0.15, -0.1) is 0 Å². The van der Waals surface area contributed by atoms with Gasteiger partial charge in [-0.25, -0.2) is 0 Å². The van der Waals surface area contributed by atoms with E-state index in [-0.39, 0.29) is 14.5 Å². The van der Waals surface area contributed by atoms with Crippen molar-refractivity contribution in [3.63, 3.8) is 0 Å². The standard InChI is InChI=1S/C29H22Se/c1-5-13-22(14-6-1)21-26-27(23-15-7-2-8-16-23)29(25-19-11-4-12-20-25)30-28(26)24-17-9-3-10-18-24/h1-20H,21H2. The van der Waals surface area contributed by atoms with Gasteiger partial charge in [-0.05, 0) is 0 Å². The van der Waals surface area contributed by atoms with Gasteiger partial charge in [0.05, 0.1) is 0 Å². The van der Waals surface area contributed by atoms with E-state index in [1.54, 1.807) is 0 Å². The molecule has 0 fully saturated rings. The van der Waals surface area contributed by atoms with Gasteiger partial charge in [0.15, 0.2) is 0 Å². The zero-order chi connectivity index (χ0) is 20.2. The monoisotopic (exact) mass is 450 g/mol. The van der Waals surface area contributed by atoms with Crippen molar-refractivity contribution < 1.29 is 0 Å². The Hall–Kier alpha value is -3.12. The molecule has 0 aliphatic rings. The third-order valence-corrected chi connectivity index (χ3v) is 8.16. The van der Waals surface area contributed by atoms with Gasteiger partial charge in [0.2, 0.25) is 0 Å². The molecule has 0 N–H and O–H groups in total. The van der Waals surface area contributed by atoms with Crippen LogP contribution in [0.15, 0.2) is 121 Å². The molecule has 0 aliphatic heterocycles. The molecule has 0 amide bonds. The molecule has 0 bridgehead atoms. The maximum atomic E-state index is 2.26. The second-order valence-electron chi connectivity index (χ2n) is 7.37. The topological polar surface area (TPSA) is 0 Å². The Kier molecular flexibility index (Phi) is 5.48. The Labute approximate surface area is 184 Å². The van der Waals surface area contributed by atoms with Crippen molar-refractivity contribution >= 4 is 14.5 Å².